The maximum Gasteiger partial charge on any atom is 0.305 e. The lowest BCUT2D eigenvalue weighted by atomic mass is 9.79. The van der Waals surface area contributed by atoms with E-state index in [9.17, 15) is 38.4 Å². The Labute approximate surface area is 695 Å². The highest BCUT2D eigenvalue weighted by atomic mass is 16.6. The van der Waals surface area contributed by atoms with Crippen molar-refractivity contribution in [3.05, 3.63) is 0 Å². The van der Waals surface area contributed by atoms with Gasteiger partial charge in [0.15, 0.2) is 0 Å². The zero-order valence-electron chi connectivity index (χ0n) is 75.4. The molecular formula is C95H182N2O16. The second-order valence-electron chi connectivity index (χ2n) is 33.8. The van der Waals surface area contributed by atoms with Crippen LogP contribution in [0.15, 0.2) is 0 Å². The van der Waals surface area contributed by atoms with Gasteiger partial charge in [-0.1, -0.05) is 321 Å². The van der Waals surface area contributed by atoms with Crippen LogP contribution in [0, 0.1) is 34.5 Å². The van der Waals surface area contributed by atoms with E-state index in [0.29, 0.717) is 49.4 Å². The molecule has 2 unspecified atom stereocenters. The Kier molecular flexibility index (Phi) is 80.0. The number of esters is 8. The molecular weight excluding hydrogens is 1430 g/mol. The molecule has 0 heterocycles. The van der Waals surface area contributed by atoms with Crippen molar-refractivity contribution >= 4 is 47.8 Å². The molecule has 0 aliphatic carbocycles. The van der Waals surface area contributed by atoms with Gasteiger partial charge in [0.05, 0.1) is 0 Å². The number of hydrogen-bond acceptors (Lipinski definition) is 18. The fourth-order valence-corrected chi connectivity index (χ4v) is 14.4. The van der Waals surface area contributed by atoms with E-state index in [0.717, 1.165) is 180 Å². The minimum Gasteiger partial charge on any atom is -0.465 e. The molecule has 0 saturated heterocycles. The van der Waals surface area contributed by atoms with Gasteiger partial charge in [-0.3, -0.25) is 38.4 Å². The van der Waals surface area contributed by atoms with E-state index < -0.39 is 10.8 Å². The van der Waals surface area contributed by atoms with Gasteiger partial charge in [0.2, 0.25) is 0 Å². The van der Waals surface area contributed by atoms with Crippen LogP contribution in [0.2, 0.25) is 0 Å². The van der Waals surface area contributed by atoms with Crippen molar-refractivity contribution < 1.29 is 76.3 Å². The number of carbonyl (C=O) groups excluding carboxylic acids is 8. The van der Waals surface area contributed by atoms with Gasteiger partial charge in [-0.25, -0.2) is 0 Å². The van der Waals surface area contributed by atoms with E-state index >= 15 is 0 Å². The lowest BCUT2D eigenvalue weighted by Crippen LogP contribution is -2.44. The summed E-state index contributed by atoms with van der Waals surface area (Å²) in [6.45, 7) is 22.4. The van der Waals surface area contributed by atoms with Crippen LogP contribution in [0.1, 0.15) is 436 Å². The molecule has 0 bridgehead atoms. The number of ether oxygens (including phenoxy) is 8. The first-order valence-corrected chi connectivity index (χ1v) is 46.7. The van der Waals surface area contributed by atoms with Gasteiger partial charge in [0.25, 0.3) is 0 Å². The molecule has 0 fully saturated rings. The Hall–Kier alpha value is -4.32. The molecule has 0 aromatic rings. The van der Waals surface area contributed by atoms with Crippen molar-refractivity contribution in [3.8, 4) is 0 Å². The molecule has 2 atom stereocenters. The third-order valence-corrected chi connectivity index (χ3v) is 22.1. The first kappa shape index (κ1) is 113. The maximum atomic E-state index is 13.6. The molecule has 668 valence electrons. The quantitative estimate of drug-likeness (QED) is 0.0314. The summed E-state index contributed by atoms with van der Waals surface area (Å²) < 4.78 is 46.9. The van der Waals surface area contributed by atoms with Crippen molar-refractivity contribution in [2.75, 3.05) is 94.1 Å². The van der Waals surface area contributed by atoms with E-state index in [1.807, 2.05) is 28.2 Å². The Bertz CT molecular complexity index is 2160. The Morgan fingerprint density at radius 2 is 0.354 bits per heavy atom. The Balaban J connectivity index is -0.00000213. The van der Waals surface area contributed by atoms with E-state index in [1.54, 1.807) is 0 Å². The number of unbranched alkanes of at least 4 members (excludes halogenated alkanes) is 28. The molecule has 0 aliphatic rings. The molecule has 0 spiro atoms. The number of rotatable bonds is 80. The van der Waals surface area contributed by atoms with Crippen molar-refractivity contribution in [2.45, 2.75) is 436 Å². The first-order valence-electron chi connectivity index (χ1n) is 46.7. The monoisotopic (exact) mass is 1610 g/mol. The lowest BCUT2D eigenvalue weighted by molar-refractivity contribution is -0.174. The van der Waals surface area contributed by atoms with Crippen LogP contribution in [0.25, 0.3) is 0 Å². The number of nitrogens with zero attached hydrogens (tertiary/aromatic N) is 2. The summed E-state index contributed by atoms with van der Waals surface area (Å²) in [4.78, 5) is 109. The summed E-state index contributed by atoms with van der Waals surface area (Å²) in [5.41, 5.74) is -2.43. The zero-order chi connectivity index (χ0) is 83.4. The average Bonchev–Trinajstić information content (AvgIpc) is 0.858. The van der Waals surface area contributed by atoms with Crippen LogP contribution >= 0.6 is 0 Å². The van der Waals surface area contributed by atoms with Gasteiger partial charge in [-0.2, -0.15) is 0 Å². The highest BCUT2D eigenvalue weighted by Crippen LogP contribution is 2.35. The standard InChI is InChI=1S/C49H93NO8.C45H85NO8.CH4/c1-8-13-18-20-22-24-26-33-45(51)55-39-49(41-57-47(53)35-28-29-38-50(6)7,40-56-46(52)34-27-25-23-21-19-14-9-2)42-58-48(54)37-36-44(32-17-12-5)43(30-15-10-3)31-16-11-4;1-8-13-18-20-22-29-41(47)51-35-45(36-52-42(48)30-23-21-19-14-9-2,37-53-43(49)31-24-25-34-46(6)7)38-54-44(50)33-32-40(28-17-12-5)39(26-15-10-3)27-16-11-4;/h43-44H,8-42H2,1-7H3;39-40H,8-38H2,1-7H3;1H4. The summed E-state index contributed by atoms with van der Waals surface area (Å²) in [6.07, 6.45) is 53.0. The second kappa shape index (κ2) is 80.1. The molecule has 0 aromatic heterocycles. The van der Waals surface area contributed by atoms with Gasteiger partial charge in [0, 0.05) is 51.4 Å². The fourth-order valence-electron chi connectivity index (χ4n) is 14.4. The molecule has 0 rings (SSSR count). The van der Waals surface area contributed by atoms with E-state index in [1.165, 1.54) is 128 Å². The van der Waals surface area contributed by atoms with Crippen LogP contribution in [-0.2, 0) is 76.3 Å². The van der Waals surface area contributed by atoms with Crippen LogP contribution in [0.5, 0.6) is 0 Å². The van der Waals surface area contributed by atoms with Crippen molar-refractivity contribution in [2.24, 2.45) is 34.5 Å². The molecule has 113 heavy (non-hydrogen) atoms. The largest absolute Gasteiger partial charge is 0.465 e. The number of carbonyl (C=O) groups is 8. The van der Waals surface area contributed by atoms with Gasteiger partial charge in [0.1, 0.15) is 63.7 Å². The van der Waals surface area contributed by atoms with E-state index in [-0.39, 0.29) is 147 Å². The smallest absolute Gasteiger partial charge is 0.305 e. The fraction of sp³-hybridized carbons (Fsp3) is 0.916. The highest BCUT2D eigenvalue weighted by molar-refractivity contribution is 5.72. The Morgan fingerprint density at radius 3 is 0.531 bits per heavy atom. The predicted molar refractivity (Wildman–Crippen MR) is 466 cm³/mol. The van der Waals surface area contributed by atoms with Gasteiger partial charge in [-0.05, 0) is 129 Å². The predicted octanol–water partition coefficient (Wildman–Crippen LogP) is 24.6. The molecule has 0 radical (unpaired) electrons. The molecule has 0 N–H and O–H groups in total. The van der Waals surface area contributed by atoms with E-state index in [4.69, 9.17) is 37.9 Å². The van der Waals surface area contributed by atoms with Crippen LogP contribution < -0.4 is 0 Å². The van der Waals surface area contributed by atoms with Gasteiger partial charge < -0.3 is 47.7 Å². The summed E-state index contributed by atoms with van der Waals surface area (Å²) in [5.74, 6) is -0.693. The molecule has 0 aromatic carbocycles. The van der Waals surface area contributed by atoms with Crippen molar-refractivity contribution in [1.29, 1.82) is 0 Å². The molecule has 0 amide bonds. The molecule has 0 saturated carbocycles. The third kappa shape index (κ3) is 69.4. The van der Waals surface area contributed by atoms with Crippen LogP contribution in [-0.4, -0.2) is 152 Å². The van der Waals surface area contributed by atoms with Crippen LogP contribution in [0.3, 0.4) is 0 Å². The second-order valence-corrected chi connectivity index (χ2v) is 33.8. The SMILES string of the molecule is C.CCCCCCCC(=O)OCC(COC(=O)CCCCCCC)(COC(=O)CCCCN(C)C)COC(=O)CCC(CCCC)C(CCCC)CCCC.CCCCCCCCCC(=O)OCC(COC(=O)CCCCCCCCC)(COC(=O)CCCCN(C)C)COC(=O)CCC(CCCC)C(CCCC)CCCC. The van der Waals surface area contributed by atoms with Crippen LogP contribution in [0.4, 0.5) is 0 Å². The van der Waals surface area contributed by atoms with E-state index in [2.05, 4.69) is 79.0 Å². The first-order chi connectivity index (χ1) is 54.1. The number of hydrogen-bond donors (Lipinski definition) is 0. The summed E-state index contributed by atoms with van der Waals surface area (Å²) in [7, 11) is 7.99. The van der Waals surface area contributed by atoms with Gasteiger partial charge >= 0.3 is 47.8 Å². The lowest BCUT2D eigenvalue weighted by Gasteiger charge is -2.32. The molecule has 18 nitrogen and oxygen atoms in total. The summed E-state index contributed by atoms with van der Waals surface area (Å²) >= 11 is 0. The molecule has 18 heteroatoms. The Morgan fingerprint density at radius 1 is 0.204 bits per heavy atom. The third-order valence-electron chi connectivity index (χ3n) is 22.1. The normalized spacial score (nSPS) is 12.1. The minimum absolute atomic E-state index is 0. The average molecular weight is 1610 g/mol. The molecule has 0 aliphatic heterocycles. The summed E-state index contributed by atoms with van der Waals surface area (Å²) in [6, 6.07) is 0. The van der Waals surface area contributed by atoms with Crippen molar-refractivity contribution in [3.63, 3.8) is 0 Å². The summed E-state index contributed by atoms with van der Waals surface area (Å²) in [5, 5.41) is 0. The topological polar surface area (TPSA) is 217 Å². The van der Waals surface area contributed by atoms with Gasteiger partial charge in [-0.15, -0.1) is 0 Å². The minimum atomic E-state index is -1.22. The zero-order valence-corrected chi connectivity index (χ0v) is 75.4. The maximum absolute atomic E-state index is 13.6. The van der Waals surface area contributed by atoms with Crippen molar-refractivity contribution in [1.82, 2.24) is 9.80 Å². The highest BCUT2D eigenvalue weighted by Gasteiger charge is 2.40.